The maximum Gasteiger partial charge on any atom is 0.321 e. The molecule has 3 N–H and O–H groups in total. The minimum atomic E-state index is -0.835. The second-order valence-electron chi connectivity index (χ2n) is 10.3. The zero-order chi connectivity index (χ0) is 26.8. The molecule has 7 nitrogen and oxygen atoms in total. The van der Waals surface area contributed by atoms with Crippen LogP contribution in [0.4, 0.5) is 8.78 Å². The maximum absolute atomic E-state index is 13.4. The quantitative estimate of drug-likeness (QED) is 0.406. The van der Waals surface area contributed by atoms with Gasteiger partial charge in [0, 0.05) is 42.3 Å². The number of rotatable bonds is 6. The molecule has 1 amide bonds. The first-order valence-corrected chi connectivity index (χ1v) is 13.0. The third-order valence-corrected chi connectivity index (χ3v) is 7.91. The summed E-state index contributed by atoms with van der Waals surface area (Å²) in [5.41, 5.74) is 2.40. The van der Waals surface area contributed by atoms with Gasteiger partial charge < -0.3 is 20.1 Å². The summed E-state index contributed by atoms with van der Waals surface area (Å²) in [6.07, 6.45) is 7.49. The fourth-order valence-electron chi connectivity index (χ4n) is 5.99. The number of fused-ring (bicyclic) bond motifs is 1. The van der Waals surface area contributed by atoms with Crippen LogP contribution in [0.3, 0.4) is 0 Å². The zero-order valence-corrected chi connectivity index (χ0v) is 20.9. The van der Waals surface area contributed by atoms with Crippen LogP contribution in [0, 0.1) is 17.6 Å². The summed E-state index contributed by atoms with van der Waals surface area (Å²) in [5.74, 6) is -2.06. The molecule has 2 aliphatic rings. The second-order valence-corrected chi connectivity index (χ2v) is 10.3. The van der Waals surface area contributed by atoms with E-state index in [1.165, 1.54) is 12.2 Å². The van der Waals surface area contributed by atoms with Gasteiger partial charge in [0.15, 0.2) is 0 Å². The highest BCUT2D eigenvalue weighted by Crippen LogP contribution is 2.36. The summed E-state index contributed by atoms with van der Waals surface area (Å²) in [6, 6.07) is 7.77. The fraction of sp³-hybridized carbons (Fsp3) is 0.379. The van der Waals surface area contributed by atoms with Gasteiger partial charge in [0.2, 0.25) is 5.91 Å². The van der Waals surface area contributed by atoms with E-state index in [0.717, 1.165) is 47.5 Å². The van der Waals surface area contributed by atoms with Crippen LogP contribution < -0.4 is 0 Å². The van der Waals surface area contributed by atoms with Gasteiger partial charge in [-0.15, -0.1) is 0 Å². The Labute approximate surface area is 219 Å². The summed E-state index contributed by atoms with van der Waals surface area (Å²) in [7, 11) is 0. The number of nitrogens with one attached hydrogen (secondary N) is 1. The minimum absolute atomic E-state index is 0.0700. The van der Waals surface area contributed by atoms with E-state index in [4.69, 9.17) is 0 Å². The lowest BCUT2D eigenvalue weighted by Gasteiger charge is -2.41. The number of benzene rings is 2. The van der Waals surface area contributed by atoms with Crippen molar-refractivity contribution in [2.75, 3.05) is 26.2 Å². The Morgan fingerprint density at radius 3 is 2.32 bits per heavy atom. The van der Waals surface area contributed by atoms with Crippen LogP contribution in [0.25, 0.3) is 17.0 Å². The van der Waals surface area contributed by atoms with Gasteiger partial charge in [0.05, 0.1) is 0 Å². The molecule has 2 aliphatic heterocycles. The van der Waals surface area contributed by atoms with Crippen molar-refractivity contribution < 1.29 is 28.6 Å². The summed E-state index contributed by atoms with van der Waals surface area (Å²) in [5, 5.41) is 21.0. The number of aliphatic carboxylic acids is 1. The third-order valence-electron chi connectivity index (χ3n) is 7.91. The first-order chi connectivity index (χ1) is 18.3. The predicted molar refractivity (Wildman–Crippen MR) is 140 cm³/mol. The highest BCUT2D eigenvalue weighted by molar-refractivity contribution is 5.92. The van der Waals surface area contributed by atoms with Crippen molar-refractivity contribution in [2.24, 2.45) is 5.92 Å². The van der Waals surface area contributed by atoms with Gasteiger partial charge in [-0.25, -0.2) is 8.78 Å². The van der Waals surface area contributed by atoms with Gasteiger partial charge in [-0.2, -0.15) is 0 Å². The molecule has 0 radical (unpaired) electrons. The molecule has 200 valence electrons. The van der Waals surface area contributed by atoms with Gasteiger partial charge in [0.1, 0.15) is 23.4 Å². The number of carbonyl (C=O) groups is 2. The maximum atomic E-state index is 13.4. The van der Waals surface area contributed by atoms with Gasteiger partial charge >= 0.3 is 5.97 Å². The molecule has 1 unspecified atom stereocenters. The van der Waals surface area contributed by atoms with Crippen LogP contribution in [0.15, 0.2) is 48.7 Å². The highest BCUT2D eigenvalue weighted by Gasteiger charge is 2.38. The number of H-pyrrole nitrogens is 1. The number of phenols is 1. The van der Waals surface area contributed by atoms with Gasteiger partial charge in [-0.05, 0) is 98.1 Å². The number of likely N-dealkylation sites (tertiary alicyclic amines) is 2. The van der Waals surface area contributed by atoms with E-state index >= 15 is 0 Å². The van der Waals surface area contributed by atoms with E-state index in [9.17, 15) is 28.6 Å². The normalized spacial score (nSPS) is 18.8. The molecule has 0 spiro atoms. The van der Waals surface area contributed by atoms with Crippen molar-refractivity contribution >= 4 is 28.9 Å². The van der Waals surface area contributed by atoms with Crippen molar-refractivity contribution in [2.45, 2.75) is 37.6 Å². The second kappa shape index (κ2) is 10.9. The number of carboxylic acids is 1. The van der Waals surface area contributed by atoms with Crippen molar-refractivity contribution in [3.8, 4) is 5.75 Å². The molecule has 1 atom stereocenters. The molecule has 2 fully saturated rings. The molecule has 5 rings (SSSR count). The average molecular weight is 524 g/mol. The fourth-order valence-corrected chi connectivity index (χ4v) is 5.99. The number of carboxylic acid groups (broad SMARTS) is 1. The van der Waals surface area contributed by atoms with Crippen molar-refractivity contribution in [3.05, 3.63) is 71.4 Å². The number of hydrogen-bond donors (Lipinski definition) is 3. The molecule has 0 aliphatic carbocycles. The molecule has 2 saturated heterocycles. The number of aromatic amines is 1. The number of aromatic hydroxyl groups is 1. The Bertz CT molecular complexity index is 1330. The van der Waals surface area contributed by atoms with E-state index in [1.54, 1.807) is 17.0 Å². The van der Waals surface area contributed by atoms with Gasteiger partial charge in [0.25, 0.3) is 0 Å². The largest absolute Gasteiger partial charge is 0.508 e. The Hall–Kier alpha value is -3.72. The number of nitrogens with zero attached hydrogens (tertiary/aromatic N) is 2. The van der Waals surface area contributed by atoms with E-state index in [-0.39, 0.29) is 29.1 Å². The van der Waals surface area contributed by atoms with E-state index in [2.05, 4.69) is 9.88 Å². The lowest BCUT2D eigenvalue weighted by atomic mass is 9.84. The molecule has 3 heterocycles. The number of aromatic nitrogens is 1. The highest BCUT2D eigenvalue weighted by atomic mass is 19.1. The van der Waals surface area contributed by atoms with Crippen LogP contribution in [0.5, 0.6) is 5.75 Å². The van der Waals surface area contributed by atoms with Gasteiger partial charge in [-0.3, -0.25) is 14.5 Å². The number of phenolic OH excluding ortho intramolecular Hbond substituents is 1. The van der Waals surface area contributed by atoms with Crippen LogP contribution in [0.1, 0.15) is 42.7 Å². The number of amides is 1. The topological polar surface area (TPSA) is 96.9 Å². The molecule has 3 aromatic rings. The summed E-state index contributed by atoms with van der Waals surface area (Å²) in [4.78, 5) is 31.9. The lowest BCUT2D eigenvalue weighted by Crippen LogP contribution is -2.52. The van der Waals surface area contributed by atoms with E-state index < -0.39 is 23.6 Å². The van der Waals surface area contributed by atoms with Gasteiger partial charge in [-0.1, -0.05) is 0 Å². The van der Waals surface area contributed by atoms with Crippen LogP contribution in [-0.4, -0.2) is 69.1 Å². The smallest absolute Gasteiger partial charge is 0.321 e. The molecule has 0 saturated carbocycles. The zero-order valence-electron chi connectivity index (χ0n) is 20.9. The van der Waals surface area contributed by atoms with E-state index in [1.807, 2.05) is 12.3 Å². The molecule has 0 bridgehead atoms. The first-order valence-electron chi connectivity index (χ1n) is 13.0. The molecule has 1 aromatic heterocycles. The molecule has 2 aromatic carbocycles. The number of piperidine rings is 2. The van der Waals surface area contributed by atoms with Crippen LogP contribution >= 0.6 is 0 Å². The Kier molecular flexibility index (Phi) is 7.46. The number of carbonyl (C=O) groups excluding carboxylic acids is 1. The molecular formula is C29H31F2N3O4. The number of hydrogen-bond acceptors (Lipinski definition) is 4. The minimum Gasteiger partial charge on any atom is -0.508 e. The standard InChI is InChI=1S/C29H31F2N3O4/c30-21-13-18(14-22(31)15-21)1-4-27(36)33-9-7-20(8-10-33)28(29(37)38)34-11-5-19(6-12-34)25-17-32-26-3-2-23(35)16-24(25)26/h1-4,13-17,19-20,28,32,35H,5-12H2,(H,37,38)/b4-1+. The number of halogens is 2. The lowest BCUT2D eigenvalue weighted by molar-refractivity contribution is -0.147. The summed E-state index contributed by atoms with van der Waals surface area (Å²) < 4.78 is 26.8. The molecule has 38 heavy (non-hydrogen) atoms. The Morgan fingerprint density at radius 2 is 1.66 bits per heavy atom. The predicted octanol–water partition coefficient (Wildman–Crippen LogP) is 4.74. The Balaban J connectivity index is 1.17. The third kappa shape index (κ3) is 5.57. The van der Waals surface area contributed by atoms with Crippen LogP contribution in [-0.2, 0) is 9.59 Å². The molecular weight excluding hydrogens is 492 g/mol. The summed E-state index contributed by atoms with van der Waals surface area (Å²) in [6.45, 7) is 2.20. The van der Waals surface area contributed by atoms with E-state index in [0.29, 0.717) is 39.0 Å². The van der Waals surface area contributed by atoms with Crippen molar-refractivity contribution in [3.63, 3.8) is 0 Å². The SMILES string of the molecule is O=C(O)C(C1CCN(C(=O)/C=C/c2cc(F)cc(F)c2)CC1)N1CCC(c2c[nH]c3ccc(O)cc23)CC1. The van der Waals surface area contributed by atoms with Crippen molar-refractivity contribution in [1.29, 1.82) is 0 Å². The van der Waals surface area contributed by atoms with Crippen LogP contribution in [0.2, 0.25) is 0 Å². The monoisotopic (exact) mass is 523 g/mol. The Morgan fingerprint density at radius 1 is 0.974 bits per heavy atom. The molecule has 9 heteroatoms. The summed E-state index contributed by atoms with van der Waals surface area (Å²) >= 11 is 0. The first kappa shape index (κ1) is 25.9. The van der Waals surface area contributed by atoms with Crippen molar-refractivity contribution in [1.82, 2.24) is 14.8 Å². The average Bonchev–Trinajstić information content (AvgIpc) is 3.30.